The Labute approximate surface area is 159 Å². The van der Waals surface area contributed by atoms with Crippen LogP contribution in [0.15, 0.2) is 54.7 Å². The molecular formula is C22H25ClN2O. The van der Waals surface area contributed by atoms with Gasteiger partial charge in [0, 0.05) is 35.1 Å². The normalized spacial score (nSPS) is 12.5. The smallest absolute Gasteiger partial charge is 0.220 e. The minimum atomic E-state index is 0.0795. The summed E-state index contributed by atoms with van der Waals surface area (Å²) in [5.41, 5.74) is 3.34. The van der Waals surface area contributed by atoms with Crippen LogP contribution in [0.5, 0.6) is 0 Å². The van der Waals surface area contributed by atoms with Gasteiger partial charge in [-0.25, -0.2) is 0 Å². The molecule has 0 saturated heterocycles. The van der Waals surface area contributed by atoms with Crippen LogP contribution in [0.4, 0.5) is 0 Å². The highest BCUT2D eigenvalue weighted by atomic mass is 35.5. The number of hydrogen-bond donors (Lipinski definition) is 2. The van der Waals surface area contributed by atoms with E-state index in [1.165, 1.54) is 5.56 Å². The summed E-state index contributed by atoms with van der Waals surface area (Å²) in [4.78, 5) is 15.9. The van der Waals surface area contributed by atoms with Gasteiger partial charge in [0.1, 0.15) is 0 Å². The maximum Gasteiger partial charge on any atom is 0.220 e. The van der Waals surface area contributed by atoms with Crippen molar-refractivity contribution < 1.29 is 4.79 Å². The SMILES string of the molecule is CC(C)C[C@H](CC(=O)NCc1ccccc1)c1c[nH]c2ccc(Cl)cc12. The quantitative estimate of drug-likeness (QED) is 0.555. The number of rotatable bonds is 7. The number of fused-ring (bicyclic) bond motifs is 1. The van der Waals surface area contributed by atoms with Gasteiger partial charge in [-0.3, -0.25) is 4.79 Å². The molecule has 4 heteroatoms. The van der Waals surface area contributed by atoms with Crippen molar-refractivity contribution in [2.24, 2.45) is 5.92 Å². The third-order valence-electron chi connectivity index (χ3n) is 4.64. The molecule has 0 aliphatic carbocycles. The number of benzene rings is 2. The number of H-pyrrole nitrogens is 1. The molecule has 0 aliphatic rings. The summed E-state index contributed by atoms with van der Waals surface area (Å²) in [7, 11) is 0. The highest BCUT2D eigenvalue weighted by Gasteiger charge is 2.20. The zero-order valence-electron chi connectivity index (χ0n) is 15.3. The number of carbonyl (C=O) groups is 1. The van der Waals surface area contributed by atoms with Gasteiger partial charge in [-0.15, -0.1) is 0 Å². The summed E-state index contributed by atoms with van der Waals surface area (Å²) in [6.45, 7) is 4.95. The molecule has 3 nitrogen and oxygen atoms in total. The van der Waals surface area contributed by atoms with Crippen LogP contribution >= 0.6 is 11.6 Å². The lowest BCUT2D eigenvalue weighted by Gasteiger charge is -2.19. The Morgan fingerprint density at radius 2 is 1.92 bits per heavy atom. The highest BCUT2D eigenvalue weighted by Crippen LogP contribution is 2.33. The predicted molar refractivity (Wildman–Crippen MR) is 108 cm³/mol. The third kappa shape index (κ3) is 4.67. The first kappa shape index (κ1) is 18.5. The molecule has 26 heavy (non-hydrogen) atoms. The molecule has 1 aromatic heterocycles. The van der Waals surface area contributed by atoms with Crippen molar-refractivity contribution in [1.82, 2.24) is 10.3 Å². The van der Waals surface area contributed by atoms with Crippen molar-refractivity contribution >= 4 is 28.4 Å². The second-order valence-corrected chi connectivity index (χ2v) is 7.66. The van der Waals surface area contributed by atoms with Crippen LogP contribution in [-0.4, -0.2) is 10.9 Å². The summed E-state index contributed by atoms with van der Waals surface area (Å²) < 4.78 is 0. The van der Waals surface area contributed by atoms with Crippen molar-refractivity contribution in [2.45, 2.75) is 39.2 Å². The van der Waals surface area contributed by atoms with E-state index in [0.29, 0.717) is 18.9 Å². The average molecular weight is 369 g/mol. The monoisotopic (exact) mass is 368 g/mol. The Morgan fingerprint density at radius 3 is 2.65 bits per heavy atom. The Hall–Kier alpha value is -2.26. The zero-order chi connectivity index (χ0) is 18.5. The van der Waals surface area contributed by atoms with Gasteiger partial charge in [0.05, 0.1) is 0 Å². The molecule has 1 heterocycles. The van der Waals surface area contributed by atoms with Crippen LogP contribution in [0.2, 0.25) is 5.02 Å². The van der Waals surface area contributed by atoms with Crippen LogP contribution < -0.4 is 5.32 Å². The van der Waals surface area contributed by atoms with E-state index in [0.717, 1.165) is 27.9 Å². The summed E-state index contributed by atoms with van der Waals surface area (Å²) >= 11 is 6.19. The van der Waals surface area contributed by atoms with Crippen LogP contribution in [-0.2, 0) is 11.3 Å². The Bertz CT molecular complexity index is 870. The van der Waals surface area contributed by atoms with Gasteiger partial charge in [-0.05, 0) is 47.6 Å². The number of carbonyl (C=O) groups excluding carboxylic acids is 1. The Balaban J connectivity index is 1.75. The fraction of sp³-hybridized carbons (Fsp3) is 0.318. The molecule has 1 atom stereocenters. The lowest BCUT2D eigenvalue weighted by Crippen LogP contribution is -2.25. The van der Waals surface area contributed by atoms with Gasteiger partial charge in [-0.2, -0.15) is 0 Å². The number of halogens is 1. The summed E-state index contributed by atoms with van der Waals surface area (Å²) in [5, 5.41) is 4.88. The third-order valence-corrected chi connectivity index (χ3v) is 4.87. The number of hydrogen-bond acceptors (Lipinski definition) is 1. The largest absolute Gasteiger partial charge is 0.361 e. The Kier molecular flexibility index (Phi) is 6.00. The molecule has 0 fully saturated rings. The molecule has 0 aliphatic heterocycles. The van der Waals surface area contributed by atoms with Crippen molar-refractivity contribution in [3.63, 3.8) is 0 Å². The molecule has 0 spiro atoms. The number of aromatic amines is 1. The van der Waals surface area contributed by atoms with Crippen molar-refractivity contribution in [3.8, 4) is 0 Å². The van der Waals surface area contributed by atoms with Gasteiger partial charge >= 0.3 is 0 Å². The molecule has 1 amide bonds. The van der Waals surface area contributed by atoms with E-state index < -0.39 is 0 Å². The minimum Gasteiger partial charge on any atom is -0.361 e. The maximum absolute atomic E-state index is 12.6. The summed E-state index contributed by atoms with van der Waals surface area (Å²) in [6.07, 6.45) is 3.46. The van der Waals surface area contributed by atoms with Crippen molar-refractivity contribution in [3.05, 3.63) is 70.9 Å². The molecule has 136 valence electrons. The molecule has 2 aromatic carbocycles. The van der Waals surface area contributed by atoms with Gasteiger partial charge in [0.2, 0.25) is 5.91 Å². The molecule has 0 bridgehead atoms. The first-order chi connectivity index (χ1) is 12.5. The molecule has 0 unspecified atom stereocenters. The van der Waals surface area contributed by atoms with Gasteiger partial charge in [0.15, 0.2) is 0 Å². The number of nitrogens with one attached hydrogen (secondary N) is 2. The molecule has 3 rings (SSSR count). The maximum atomic E-state index is 12.6. The van der Waals surface area contributed by atoms with Gasteiger partial charge in [-0.1, -0.05) is 55.8 Å². The minimum absolute atomic E-state index is 0.0795. The van der Waals surface area contributed by atoms with E-state index in [1.807, 2.05) is 54.7 Å². The first-order valence-corrected chi connectivity index (χ1v) is 9.48. The van der Waals surface area contributed by atoms with E-state index in [1.54, 1.807) is 0 Å². The second-order valence-electron chi connectivity index (χ2n) is 7.23. The first-order valence-electron chi connectivity index (χ1n) is 9.10. The molecule has 2 N–H and O–H groups in total. The topological polar surface area (TPSA) is 44.9 Å². The van der Waals surface area contributed by atoms with E-state index in [4.69, 9.17) is 11.6 Å². The summed E-state index contributed by atoms with van der Waals surface area (Å²) in [5.74, 6) is 0.750. The van der Waals surface area contributed by atoms with E-state index in [-0.39, 0.29) is 11.8 Å². The average Bonchev–Trinajstić information content (AvgIpc) is 3.03. The van der Waals surface area contributed by atoms with Crippen molar-refractivity contribution in [2.75, 3.05) is 0 Å². The van der Waals surface area contributed by atoms with E-state index in [9.17, 15) is 4.79 Å². The Morgan fingerprint density at radius 1 is 1.15 bits per heavy atom. The standard InChI is InChI=1S/C22H25ClN2O/c1-15(2)10-17(11-22(26)25-13-16-6-4-3-5-7-16)20-14-24-21-9-8-18(23)12-19(20)21/h3-9,12,14-15,17,24H,10-11,13H2,1-2H3,(H,25,26)/t17-/m1/s1. The van der Waals surface area contributed by atoms with Gasteiger partial charge in [0.25, 0.3) is 0 Å². The molecular weight excluding hydrogens is 344 g/mol. The van der Waals surface area contributed by atoms with E-state index >= 15 is 0 Å². The molecule has 0 saturated carbocycles. The lowest BCUT2D eigenvalue weighted by molar-refractivity contribution is -0.121. The molecule has 0 radical (unpaired) electrons. The number of aromatic nitrogens is 1. The highest BCUT2D eigenvalue weighted by molar-refractivity contribution is 6.31. The fourth-order valence-electron chi connectivity index (χ4n) is 3.43. The van der Waals surface area contributed by atoms with Crippen LogP contribution in [0.25, 0.3) is 10.9 Å². The van der Waals surface area contributed by atoms with Crippen LogP contribution in [0.1, 0.15) is 43.7 Å². The van der Waals surface area contributed by atoms with E-state index in [2.05, 4.69) is 24.1 Å². The number of amides is 1. The summed E-state index contributed by atoms with van der Waals surface area (Å²) in [6, 6.07) is 15.8. The van der Waals surface area contributed by atoms with Gasteiger partial charge < -0.3 is 10.3 Å². The predicted octanol–water partition coefficient (Wildman–Crippen LogP) is 5.66. The lowest BCUT2D eigenvalue weighted by atomic mass is 9.87. The molecule has 3 aromatic rings. The fourth-order valence-corrected chi connectivity index (χ4v) is 3.61. The van der Waals surface area contributed by atoms with Crippen LogP contribution in [0.3, 0.4) is 0 Å². The van der Waals surface area contributed by atoms with Crippen LogP contribution in [0, 0.1) is 5.92 Å². The second kappa shape index (κ2) is 8.41. The zero-order valence-corrected chi connectivity index (χ0v) is 16.0. The van der Waals surface area contributed by atoms with Crippen molar-refractivity contribution in [1.29, 1.82) is 0 Å².